The summed E-state index contributed by atoms with van der Waals surface area (Å²) in [4.78, 5) is 13.1. The molecule has 0 saturated carbocycles. The Morgan fingerprint density at radius 3 is 2.31 bits per heavy atom. The van der Waals surface area contributed by atoms with Crippen LogP contribution in [0.4, 0.5) is 5.69 Å². The average Bonchev–Trinajstić information content (AvgIpc) is 2.79. The number of nitrogens with one attached hydrogen (secondary N) is 1. The summed E-state index contributed by atoms with van der Waals surface area (Å²) in [6, 6.07) is 21.4. The normalized spacial score (nSPS) is 11.5. The van der Waals surface area contributed by atoms with Crippen molar-refractivity contribution in [3.63, 3.8) is 0 Å². The smallest absolute Gasteiger partial charge is 0.243 e. The topological polar surface area (TPSA) is 66.5 Å². The van der Waals surface area contributed by atoms with E-state index in [2.05, 4.69) is 5.32 Å². The van der Waals surface area contributed by atoms with Crippen LogP contribution in [0.15, 0.2) is 77.7 Å². The number of halogens is 1. The van der Waals surface area contributed by atoms with Crippen LogP contribution < -0.4 is 5.32 Å². The zero-order valence-corrected chi connectivity index (χ0v) is 19.8. The first kappa shape index (κ1) is 24.0. The fourth-order valence-corrected chi connectivity index (χ4v) is 5.00. The summed E-state index contributed by atoms with van der Waals surface area (Å²) >= 11 is 5.93. The maximum absolute atomic E-state index is 13.3. The van der Waals surface area contributed by atoms with Crippen molar-refractivity contribution >= 4 is 33.2 Å². The number of rotatable bonds is 9. The van der Waals surface area contributed by atoms with Gasteiger partial charge in [0.1, 0.15) is 0 Å². The maximum Gasteiger partial charge on any atom is 0.243 e. The molecular formula is C25H27ClN2O3S. The predicted octanol–water partition coefficient (Wildman–Crippen LogP) is 5.08. The number of carbonyl (C=O) groups is 1. The number of anilines is 1. The molecule has 3 aromatic carbocycles. The quantitative estimate of drug-likeness (QED) is 0.474. The third kappa shape index (κ3) is 5.97. The van der Waals surface area contributed by atoms with E-state index in [-0.39, 0.29) is 23.9 Å². The highest BCUT2D eigenvalue weighted by atomic mass is 35.5. The molecule has 0 spiro atoms. The van der Waals surface area contributed by atoms with Crippen molar-refractivity contribution in [3.8, 4) is 0 Å². The molecule has 1 N–H and O–H groups in total. The number of carbonyl (C=O) groups excluding carboxylic acids is 1. The first-order valence-corrected chi connectivity index (χ1v) is 12.3. The summed E-state index contributed by atoms with van der Waals surface area (Å²) in [5.74, 6) is -0.375. The largest absolute Gasteiger partial charge is 0.324 e. The van der Waals surface area contributed by atoms with E-state index in [9.17, 15) is 13.2 Å². The van der Waals surface area contributed by atoms with Gasteiger partial charge in [-0.25, -0.2) is 8.42 Å². The minimum Gasteiger partial charge on any atom is -0.324 e. The molecule has 32 heavy (non-hydrogen) atoms. The highest BCUT2D eigenvalue weighted by Crippen LogP contribution is 2.22. The van der Waals surface area contributed by atoms with E-state index >= 15 is 0 Å². The molecule has 0 aliphatic heterocycles. The van der Waals surface area contributed by atoms with Gasteiger partial charge < -0.3 is 5.32 Å². The van der Waals surface area contributed by atoms with E-state index in [1.165, 1.54) is 28.6 Å². The summed E-state index contributed by atoms with van der Waals surface area (Å²) in [6.07, 6.45) is 1.25. The first-order chi connectivity index (χ1) is 15.3. The predicted molar refractivity (Wildman–Crippen MR) is 130 cm³/mol. The monoisotopic (exact) mass is 470 g/mol. The van der Waals surface area contributed by atoms with Crippen molar-refractivity contribution < 1.29 is 13.2 Å². The lowest BCUT2D eigenvalue weighted by Crippen LogP contribution is -2.39. The van der Waals surface area contributed by atoms with Gasteiger partial charge in [-0.1, -0.05) is 67.1 Å². The Kier molecular flexibility index (Phi) is 8.07. The Balaban J connectivity index is 1.85. The molecule has 0 aliphatic rings. The molecule has 0 radical (unpaired) electrons. The number of nitrogens with zero attached hydrogens (tertiary/aromatic N) is 1. The second-order valence-electron chi connectivity index (χ2n) is 7.54. The molecule has 7 heteroatoms. The van der Waals surface area contributed by atoms with E-state index in [1.54, 1.807) is 0 Å². The Labute approximate surface area is 195 Å². The fraction of sp³-hybridized carbons (Fsp3) is 0.240. The molecule has 0 atom stereocenters. The summed E-state index contributed by atoms with van der Waals surface area (Å²) in [7, 11) is -3.89. The van der Waals surface area contributed by atoms with Crippen molar-refractivity contribution in [2.75, 3.05) is 18.4 Å². The molecule has 5 nitrogen and oxygen atoms in total. The van der Waals surface area contributed by atoms with Gasteiger partial charge >= 0.3 is 0 Å². The van der Waals surface area contributed by atoms with Crippen LogP contribution in [0.25, 0.3) is 0 Å². The molecule has 3 rings (SSSR count). The van der Waals surface area contributed by atoms with E-state index < -0.39 is 10.0 Å². The van der Waals surface area contributed by atoms with Crippen LogP contribution in [0.5, 0.6) is 0 Å². The summed E-state index contributed by atoms with van der Waals surface area (Å²) in [6.45, 7) is 3.83. The zero-order valence-electron chi connectivity index (χ0n) is 18.2. The Morgan fingerprint density at radius 1 is 0.969 bits per heavy atom. The van der Waals surface area contributed by atoms with Gasteiger partial charge in [0.2, 0.25) is 15.9 Å². The Hall–Kier alpha value is -2.67. The third-order valence-corrected chi connectivity index (χ3v) is 7.38. The van der Waals surface area contributed by atoms with Crippen molar-refractivity contribution in [3.05, 3.63) is 94.5 Å². The Bertz CT molecular complexity index is 1160. The molecule has 0 fully saturated rings. The van der Waals surface area contributed by atoms with Gasteiger partial charge in [0, 0.05) is 17.3 Å². The summed E-state index contributed by atoms with van der Waals surface area (Å²) in [5.41, 5.74) is 3.69. The van der Waals surface area contributed by atoms with E-state index in [0.717, 1.165) is 28.8 Å². The Morgan fingerprint density at radius 2 is 1.66 bits per heavy atom. The summed E-state index contributed by atoms with van der Waals surface area (Å²) < 4.78 is 27.9. The van der Waals surface area contributed by atoms with Crippen LogP contribution in [0.1, 0.15) is 23.6 Å². The van der Waals surface area contributed by atoms with Gasteiger partial charge in [-0.05, 0) is 60.7 Å². The number of hydrogen-bond donors (Lipinski definition) is 1. The van der Waals surface area contributed by atoms with Gasteiger partial charge in [-0.3, -0.25) is 4.79 Å². The molecule has 0 aromatic heterocycles. The lowest BCUT2D eigenvalue weighted by Gasteiger charge is -2.23. The summed E-state index contributed by atoms with van der Waals surface area (Å²) in [5, 5.41) is 3.37. The lowest BCUT2D eigenvalue weighted by molar-refractivity contribution is -0.116. The standard InChI is InChI=1S/C25H27ClN2O3S/c1-3-21-11-7-8-19(2)25(21)27-24(29)18-28(17-16-20-9-5-4-6-10-20)32(30,31)23-14-12-22(26)13-15-23/h4-15H,3,16-18H2,1-2H3,(H,27,29). The second kappa shape index (κ2) is 10.8. The van der Waals surface area contributed by atoms with Gasteiger partial charge in [-0.15, -0.1) is 0 Å². The number of sulfonamides is 1. The number of amides is 1. The van der Waals surface area contributed by atoms with Gasteiger partial charge in [0.25, 0.3) is 0 Å². The van der Waals surface area contributed by atoms with Crippen LogP contribution in [-0.4, -0.2) is 31.7 Å². The molecule has 3 aromatic rings. The molecule has 0 saturated heterocycles. The SMILES string of the molecule is CCc1cccc(C)c1NC(=O)CN(CCc1ccccc1)S(=O)(=O)c1ccc(Cl)cc1. The zero-order chi connectivity index (χ0) is 23.1. The number of hydrogen-bond acceptors (Lipinski definition) is 3. The number of para-hydroxylation sites is 1. The van der Waals surface area contributed by atoms with Gasteiger partial charge in [0.05, 0.1) is 11.4 Å². The number of aryl methyl sites for hydroxylation is 2. The molecule has 0 aliphatic carbocycles. The highest BCUT2D eigenvalue weighted by molar-refractivity contribution is 7.89. The molecule has 0 unspecified atom stereocenters. The van der Waals surface area contributed by atoms with Crippen LogP contribution in [0.2, 0.25) is 5.02 Å². The number of benzene rings is 3. The van der Waals surface area contributed by atoms with Crippen molar-refractivity contribution in [1.29, 1.82) is 0 Å². The third-order valence-electron chi connectivity index (χ3n) is 5.27. The average molecular weight is 471 g/mol. The van der Waals surface area contributed by atoms with E-state index in [4.69, 9.17) is 11.6 Å². The lowest BCUT2D eigenvalue weighted by atomic mass is 10.1. The van der Waals surface area contributed by atoms with Crippen molar-refractivity contribution in [1.82, 2.24) is 4.31 Å². The fourth-order valence-electron chi connectivity index (χ4n) is 3.48. The maximum atomic E-state index is 13.3. The van der Waals surface area contributed by atoms with Crippen LogP contribution in [0.3, 0.4) is 0 Å². The van der Waals surface area contributed by atoms with Crippen molar-refractivity contribution in [2.24, 2.45) is 0 Å². The highest BCUT2D eigenvalue weighted by Gasteiger charge is 2.27. The van der Waals surface area contributed by atoms with E-state index in [0.29, 0.717) is 11.4 Å². The molecule has 0 bridgehead atoms. The molecule has 0 heterocycles. The second-order valence-corrected chi connectivity index (χ2v) is 9.91. The van der Waals surface area contributed by atoms with Crippen LogP contribution in [0, 0.1) is 6.92 Å². The van der Waals surface area contributed by atoms with E-state index in [1.807, 2.05) is 62.4 Å². The minimum atomic E-state index is -3.89. The first-order valence-electron chi connectivity index (χ1n) is 10.5. The van der Waals surface area contributed by atoms with Crippen LogP contribution in [-0.2, 0) is 27.7 Å². The molecule has 1 amide bonds. The van der Waals surface area contributed by atoms with Gasteiger partial charge in [0.15, 0.2) is 0 Å². The van der Waals surface area contributed by atoms with Gasteiger partial charge in [-0.2, -0.15) is 4.31 Å². The van der Waals surface area contributed by atoms with Crippen molar-refractivity contribution in [2.45, 2.75) is 31.6 Å². The van der Waals surface area contributed by atoms with Crippen LogP contribution >= 0.6 is 11.6 Å². The minimum absolute atomic E-state index is 0.105. The molecular weight excluding hydrogens is 444 g/mol. The molecule has 168 valence electrons.